The third kappa shape index (κ3) is 4.80. The van der Waals surface area contributed by atoms with Gasteiger partial charge in [-0.15, -0.1) is 11.3 Å². The fraction of sp³-hybridized carbons (Fsp3) is 0.357. The van der Waals surface area contributed by atoms with Crippen LogP contribution in [-0.4, -0.2) is 32.9 Å². The molecule has 4 heterocycles. The Labute approximate surface area is 209 Å². The van der Waals surface area contributed by atoms with Crippen LogP contribution >= 0.6 is 11.3 Å². The van der Waals surface area contributed by atoms with E-state index in [4.69, 9.17) is 4.98 Å². The highest BCUT2D eigenvalue weighted by Gasteiger charge is 2.46. The first-order chi connectivity index (χ1) is 16.7. The first kappa shape index (κ1) is 23.8. The number of aromatic amines is 1. The Balaban J connectivity index is 1.45. The van der Waals surface area contributed by atoms with Crippen LogP contribution in [0.25, 0.3) is 11.3 Å². The lowest BCUT2D eigenvalue weighted by Gasteiger charge is -2.37. The fourth-order valence-electron chi connectivity index (χ4n) is 5.09. The molecule has 7 heteroatoms. The lowest BCUT2D eigenvalue weighted by atomic mass is 9.81. The van der Waals surface area contributed by atoms with Crippen LogP contribution in [-0.2, 0) is 17.4 Å². The van der Waals surface area contributed by atoms with Crippen LogP contribution in [0.15, 0.2) is 60.9 Å². The van der Waals surface area contributed by atoms with Crippen molar-refractivity contribution in [1.29, 1.82) is 0 Å². The van der Waals surface area contributed by atoms with Gasteiger partial charge in [-0.2, -0.15) is 4.39 Å². The molecule has 0 unspecified atom stereocenters. The van der Waals surface area contributed by atoms with E-state index in [0.717, 1.165) is 60.0 Å². The molecule has 1 aliphatic rings. The quantitative estimate of drug-likeness (QED) is 0.315. The highest BCUT2D eigenvalue weighted by Crippen LogP contribution is 2.43. The minimum atomic E-state index is -0.257. The van der Waals surface area contributed by atoms with Gasteiger partial charge in [0.05, 0.1) is 11.9 Å². The lowest BCUT2D eigenvalue weighted by molar-refractivity contribution is 0.141. The van der Waals surface area contributed by atoms with Crippen LogP contribution in [0.1, 0.15) is 48.6 Å². The van der Waals surface area contributed by atoms with Gasteiger partial charge in [-0.25, -0.2) is 9.37 Å². The summed E-state index contributed by atoms with van der Waals surface area (Å²) in [4.78, 5) is 16.5. The van der Waals surface area contributed by atoms with E-state index in [1.165, 1.54) is 29.0 Å². The molecule has 0 aliphatic carbocycles. The van der Waals surface area contributed by atoms with Crippen LogP contribution < -0.4 is 0 Å². The van der Waals surface area contributed by atoms with E-state index in [1.54, 1.807) is 18.2 Å². The molecule has 1 saturated heterocycles. The van der Waals surface area contributed by atoms with Crippen molar-refractivity contribution in [3.8, 4) is 11.3 Å². The van der Waals surface area contributed by atoms with Crippen LogP contribution in [0.2, 0.25) is 0 Å². The van der Waals surface area contributed by atoms with Crippen molar-refractivity contribution in [3.05, 3.63) is 93.8 Å². The monoisotopic (exact) mass is 492 g/mol. The molecule has 0 saturated carbocycles. The highest BCUT2D eigenvalue weighted by molar-refractivity contribution is 7.10. The summed E-state index contributed by atoms with van der Waals surface area (Å²) in [5.41, 5.74) is 3.58. The molecular weight excluding hydrogens is 462 g/mol. The van der Waals surface area contributed by atoms with Crippen molar-refractivity contribution in [3.63, 3.8) is 0 Å². The topological polar surface area (TPSA) is 44.8 Å². The molecule has 5 rings (SSSR count). The molecule has 1 aliphatic heterocycles. The first-order valence-corrected chi connectivity index (χ1v) is 12.8. The number of hydrogen-bond donors (Lipinski definition) is 1. The van der Waals surface area contributed by atoms with E-state index in [2.05, 4.69) is 40.8 Å². The summed E-state index contributed by atoms with van der Waals surface area (Å²) in [6.07, 6.45) is 6.42. The summed E-state index contributed by atoms with van der Waals surface area (Å²) >= 11 is 1.22. The molecule has 1 N–H and O–H groups in total. The minimum Gasteiger partial charge on any atom is -0.341 e. The second kappa shape index (κ2) is 9.28. The molecule has 1 fully saturated rings. The third-order valence-corrected chi connectivity index (χ3v) is 8.41. The van der Waals surface area contributed by atoms with Crippen molar-refractivity contribution in [1.82, 2.24) is 19.9 Å². The highest BCUT2D eigenvalue weighted by atomic mass is 32.1. The minimum absolute atomic E-state index is 0.147. The SMILES string of the molecule is Cc1ccc(C(C)(C)N2CC[C@](CCc3ccc(F)s3)(c3ncc(-c4ccc(F)cc4)[nH]3)C2)cn1. The zero-order valence-electron chi connectivity index (χ0n) is 20.3. The summed E-state index contributed by atoms with van der Waals surface area (Å²) in [6.45, 7) is 8.25. The normalized spacial score (nSPS) is 18.9. The van der Waals surface area contributed by atoms with E-state index in [1.807, 2.05) is 25.4 Å². The number of benzene rings is 1. The van der Waals surface area contributed by atoms with Gasteiger partial charge in [0.15, 0.2) is 5.13 Å². The number of nitrogens with one attached hydrogen (secondary N) is 1. The number of H-pyrrole nitrogens is 1. The second-order valence-corrected chi connectivity index (χ2v) is 11.2. The van der Waals surface area contributed by atoms with Gasteiger partial charge in [0.25, 0.3) is 0 Å². The molecule has 0 bridgehead atoms. The lowest BCUT2D eigenvalue weighted by Crippen LogP contribution is -2.42. The summed E-state index contributed by atoms with van der Waals surface area (Å²) in [6, 6.07) is 14.1. The predicted octanol–water partition coefficient (Wildman–Crippen LogP) is 6.63. The van der Waals surface area contributed by atoms with Gasteiger partial charge in [0, 0.05) is 40.8 Å². The number of imidazole rings is 1. The molecule has 1 aromatic carbocycles. The number of likely N-dealkylation sites (tertiary alicyclic amines) is 1. The molecule has 0 spiro atoms. The first-order valence-electron chi connectivity index (χ1n) is 12.0. The van der Waals surface area contributed by atoms with Crippen molar-refractivity contribution in [2.24, 2.45) is 0 Å². The molecule has 0 amide bonds. The number of thiophene rings is 1. The zero-order chi connectivity index (χ0) is 24.6. The third-order valence-electron chi connectivity index (χ3n) is 7.47. The van der Waals surface area contributed by atoms with Crippen LogP contribution in [0.3, 0.4) is 0 Å². The van der Waals surface area contributed by atoms with Gasteiger partial charge in [-0.05, 0) is 93.6 Å². The molecule has 4 nitrogen and oxygen atoms in total. The number of halogens is 2. The summed E-state index contributed by atoms with van der Waals surface area (Å²) in [5, 5.41) is -0.147. The molecular formula is C28H30F2N4S. The molecule has 182 valence electrons. The Morgan fingerprint density at radius 1 is 1.03 bits per heavy atom. The van der Waals surface area contributed by atoms with Crippen molar-refractivity contribution >= 4 is 11.3 Å². The standard InChI is InChI=1S/C28H30F2N4S/c1-19-4-7-21(16-31-19)27(2,3)34-15-14-28(18-34,13-12-23-10-11-25(30)35-23)26-32-17-24(33-26)20-5-8-22(29)9-6-20/h4-11,16-17H,12-15,18H2,1-3H3,(H,32,33)/t28-/m0/s1. The maximum atomic E-state index is 13.7. The Kier molecular flexibility index (Phi) is 6.32. The van der Waals surface area contributed by atoms with Crippen LogP contribution in [0.5, 0.6) is 0 Å². The van der Waals surface area contributed by atoms with E-state index < -0.39 is 0 Å². The molecule has 0 radical (unpaired) electrons. The van der Waals surface area contributed by atoms with E-state index in [9.17, 15) is 8.78 Å². The van der Waals surface area contributed by atoms with Gasteiger partial charge in [0.2, 0.25) is 0 Å². The number of nitrogens with zero attached hydrogens (tertiary/aromatic N) is 3. The van der Waals surface area contributed by atoms with E-state index in [-0.39, 0.29) is 21.9 Å². The zero-order valence-corrected chi connectivity index (χ0v) is 21.1. The smallest absolute Gasteiger partial charge is 0.176 e. The second-order valence-electron chi connectivity index (χ2n) is 10.1. The number of rotatable bonds is 7. The molecule has 35 heavy (non-hydrogen) atoms. The Hall–Kier alpha value is -2.90. The van der Waals surface area contributed by atoms with Gasteiger partial charge >= 0.3 is 0 Å². The number of aryl methyl sites for hydroxylation is 2. The maximum absolute atomic E-state index is 13.7. The number of aromatic nitrogens is 3. The fourth-order valence-corrected chi connectivity index (χ4v) is 5.82. The summed E-state index contributed by atoms with van der Waals surface area (Å²) in [5.74, 6) is 0.682. The Morgan fingerprint density at radius 2 is 1.83 bits per heavy atom. The van der Waals surface area contributed by atoms with Gasteiger partial charge in [0.1, 0.15) is 11.6 Å². The number of hydrogen-bond acceptors (Lipinski definition) is 4. The van der Waals surface area contributed by atoms with Crippen molar-refractivity contribution in [2.45, 2.75) is 51.0 Å². The largest absolute Gasteiger partial charge is 0.341 e. The molecule has 3 aromatic heterocycles. The van der Waals surface area contributed by atoms with Gasteiger partial charge in [-0.1, -0.05) is 6.07 Å². The predicted molar refractivity (Wildman–Crippen MR) is 136 cm³/mol. The average molecular weight is 493 g/mol. The van der Waals surface area contributed by atoms with Crippen LogP contribution in [0, 0.1) is 17.9 Å². The molecule has 4 aromatic rings. The molecule has 1 atom stereocenters. The number of pyridine rings is 1. The van der Waals surface area contributed by atoms with Gasteiger partial charge < -0.3 is 4.98 Å². The van der Waals surface area contributed by atoms with E-state index in [0.29, 0.717) is 0 Å². The van der Waals surface area contributed by atoms with E-state index >= 15 is 0 Å². The Bertz CT molecular complexity index is 1290. The van der Waals surface area contributed by atoms with Gasteiger partial charge in [-0.3, -0.25) is 9.88 Å². The summed E-state index contributed by atoms with van der Waals surface area (Å²) in [7, 11) is 0. The Morgan fingerprint density at radius 3 is 2.51 bits per heavy atom. The maximum Gasteiger partial charge on any atom is 0.176 e. The summed E-state index contributed by atoms with van der Waals surface area (Å²) < 4.78 is 27.1. The van der Waals surface area contributed by atoms with Crippen molar-refractivity contribution in [2.75, 3.05) is 13.1 Å². The van der Waals surface area contributed by atoms with Crippen molar-refractivity contribution < 1.29 is 8.78 Å². The van der Waals surface area contributed by atoms with Crippen LogP contribution in [0.4, 0.5) is 8.78 Å². The average Bonchev–Trinajstić information content (AvgIpc) is 3.59.